The van der Waals surface area contributed by atoms with Crippen molar-refractivity contribution in [1.29, 1.82) is 0 Å². The second kappa shape index (κ2) is 7.18. The Morgan fingerprint density at radius 2 is 1.82 bits per heavy atom. The summed E-state index contributed by atoms with van der Waals surface area (Å²) < 4.78 is 0. The van der Waals surface area contributed by atoms with E-state index in [1.165, 1.54) is 6.42 Å². The van der Waals surface area contributed by atoms with Crippen molar-refractivity contribution in [2.45, 2.75) is 51.5 Å². The van der Waals surface area contributed by atoms with Gasteiger partial charge in [0.15, 0.2) is 0 Å². The first-order chi connectivity index (χ1) is 10.1. The van der Waals surface area contributed by atoms with Crippen LogP contribution in [0.15, 0.2) is 0 Å². The molecule has 2 aliphatic heterocycles. The largest absolute Gasteiger partial charge is 0.344 e. The van der Waals surface area contributed by atoms with E-state index in [-0.39, 0.29) is 41.6 Å². The number of nitrogens with zero attached hydrogens (tertiary/aromatic N) is 1. The summed E-state index contributed by atoms with van der Waals surface area (Å²) >= 11 is 0. The fraction of sp³-hybridized carbons (Fsp3) is 0.875. The SMILES string of the molecule is C[C@H](NC(=O)C1CC12CCNCC2)C(=O)N1CCCCC1.Cl. The molecule has 5 nitrogen and oxygen atoms in total. The summed E-state index contributed by atoms with van der Waals surface area (Å²) in [5.41, 5.74) is 0.239. The molecule has 3 fully saturated rings. The molecule has 22 heavy (non-hydrogen) atoms. The second-order valence-corrected chi connectivity index (χ2v) is 6.99. The van der Waals surface area contributed by atoms with Gasteiger partial charge in [-0.3, -0.25) is 9.59 Å². The van der Waals surface area contributed by atoms with Gasteiger partial charge in [-0.2, -0.15) is 0 Å². The molecule has 0 aromatic carbocycles. The molecule has 3 rings (SSSR count). The van der Waals surface area contributed by atoms with Gasteiger partial charge < -0.3 is 15.5 Å². The number of carbonyl (C=O) groups excluding carboxylic acids is 2. The van der Waals surface area contributed by atoms with Crippen molar-refractivity contribution in [2.75, 3.05) is 26.2 Å². The molecule has 1 aliphatic carbocycles. The normalized spacial score (nSPS) is 27.7. The Balaban J connectivity index is 0.00000176. The van der Waals surface area contributed by atoms with Crippen LogP contribution in [0.3, 0.4) is 0 Å². The number of piperidine rings is 2. The summed E-state index contributed by atoms with van der Waals surface area (Å²) in [6.07, 6.45) is 6.59. The van der Waals surface area contributed by atoms with Gasteiger partial charge in [-0.15, -0.1) is 12.4 Å². The molecule has 0 aromatic heterocycles. The van der Waals surface area contributed by atoms with Crippen molar-refractivity contribution in [3.05, 3.63) is 0 Å². The van der Waals surface area contributed by atoms with E-state index in [0.29, 0.717) is 0 Å². The zero-order valence-corrected chi connectivity index (χ0v) is 14.2. The Kier molecular flexibility index (Phi) is 5.72. The first-order valence-electron chi connectivity index (χ1n) is 8.42. The van der Waals surface area contributed by atoms with E-state index < -0.39 is 0 Å². The molecule has 3 aliphatic rings. The third-order valence-electron chi connectivity index (χ3n) is 5.50. The van der Waals surface area contributed by atoms with Crippen LogP contribution in [0.2, 0.25) is 0 Å². The Bertz CT molecular complexity index is 418. The van der Waals surface area contributed by atoms with Gasteiger partial charge in [-0.05, 0) is 64.0 Å². The lowest BCUT2D eigenvalue weighted by Gasteiger charge is -2.29. The van der Waals surface area contributed by atoms with Crippen LogP contribution in [0.25, 0.3) is 0 Å². The molecule has 126 valence electrons. The number of likely N-dealkylation sites (tertiary alicyclic amines) is 1. The van der Waals surface area contributed by atoms with Gasteiger partial charge >= 0.3 is 0 Å². The highest BCUT2D eigenvalue weighted by atomic mass is 35.5. The van der Waals surface area contributed by atoms with E-state index in [1.807, 2.05) is 11.8 Å². The van der Waals surface area contributed by atoms with E-state index in [4.69, 9.17) is 0 Å². The second-order valence-electron chi connectivity index (χ2n) is 6.99. The Hall–Kier alpha value is -0.810. The quantitative estimate of drug-likeness (QED) is 0.821. The Morgan fingerprint density at radius 1 is 1.18 bits per heavy atom. The van der Waals surface area contributed by atoms with Crippen LogP contribution in [0.4, 0.5) is 0 Å². The van der Waals surface area contributed by atoms with E-state index >= 15 is 0 Å². The number of halogens is 1. The summed E-state index contributed by atoms with van der Waals surface area (Å²) in [5.74, 6) is 0.314. The average molecular weight is 330 g/mol. The third kappa shape index (κ3) is 3.57. The van der Waals surface area contributed by atoms with Crippen LogP contribution in [-0.4, -0.2) is 48.9 Å². The first kappa shape index (κ1) is 17.5. The lowest BCUT2D eigenvalue weighted by atomic mass is 9.91. The smallest absolute Gasteiger partial charge is 0.244 e. The van der Waals surface area contributed by atoms with Crippen LogP contribution in [0.1, 0.15) is 45.4 Å². The van der Waals surface area contributed by atoms with Gasteiger partial charge in [0, 0.05) is 19.0 Å². The summed E-state index contributed by atoms with van der Waals surface area (Å²) in [6.45, 7) is 5.56. The molecule has 1 unspecified atom stereocenters. The molecule has 1 spiro atoms. The van der Waals surface area contributed by atoms with Crippen molar-refractivity contribution in [3.63, 3.8) is 0 Å². The van der Waals surface area contributed by atoms with Gasteiger partial charge in [0.05, 0.1) is 0 Å². The maximum Gasteiger partial charge on any atom is 0.244 e. The molecule has 0 radical (unpaired) electrons. The van der Waals surface area contributed by atoms with Gasteiger partial charge in [-0.1, -0.05) is 0 Å². The van der Waals surface area contributed by atoms with E-state index in [1.54, 1.807) is 0 Å². The standard InChI is InChI=1S/C16H27N3O2.ClH/c1-12(15(21)19-9-3-2-4-10-19)18-14(20)13-11-16(13)5-7-17-8-6-16;/h12-13,17H,2-11H2,1H3,(H,18,20);1H/t12-,13?;/m0./s1. The zero-order chi connectivity index (χ0) is 14.9. The minimum Gasteiger partial charge on any atom is -0.344 e. The monoisotopic (exact) mass is 329 g/mol. The number of hydrogen-bond acceptors (Lipinski definition) is 3. The molecule has 2 amide bonds. The molecule has 0 aromatic rings. The number of rotatable bonds is 3. The minimum absolute atomic E-state index is 0. The van der Waals surface area contributed by atoms with E-state index in [2.05, 4.69) is 10.6 Å². The molecule has 2 heterocycles. The number of nitrogens with one attached hydrogen (secondary N) is 2. The van der Waals surface area contributed by atoms with Gasteiger partial charge in [-0.25, -0.2) is 0 Å². The van der Waals surface area contributed by atoms with Gasteiger partial charge in [0.25, 0.3) is 0 Å². The minimum atomic E-state index is -0.380. The van der Waals surface area contributed by atoms with Gasteiger partial charge in [0.1, 0.15) is 6.04 Å². The van der Waals surface area contributed by atoms with Crippen LogP contribution in [-0.2, 0) is 9.59 Å². The van der Waals surface area contributed by atoms with Crippen LogP contribution in [0, 0.1) is 11.3 Å². The topological polar surface area (TPSA) is 61.4 Å². The maximum atomic E-state index is 12.4. The predicted molar refractivity (Wildman–Crippen MR) is 87.9 cm³/mol. The van der Waals surface area contributed by atoms with Crippen LogP contribution < -0.4 is 10.6 Å². The molecule has 0 bridgehead atoms. The summed E-state index contributed by atoms with van der Waals surface area (Å²) in [4.78, 5) is 26.6. The molecule has 2 atom stereocenters. The molecule has 2 N–H and O–H groups in total. The Labute approximate surface area is 139 Å². The molecule has 2 saturated heterocycles. The first-order valence-corrected chi connectivity index (χ1v) is 8.42. The third-order valence-corrected chi connectivity index (χ3v) is 5.50. The van der Waals surface area contributed by atoms with Crippen molar-refractivity contribution < 1.29 is 9.59 Å². The maximum absolute atomic E-state index is 12.4. The van der Waals surface area contributed by atoms with E-state index in [0.717, 1.165) is 58.3 Å². The van der Waals surface area contributed by atoms with Crippen molar-refractivity contribution in [1.82, 2.24) is 15.5 Å². The number of hydrogen-bond donors (Lipinski definition) is 2. The highest BCUT2D eigenvalue weighted by Gasteiger charge is 2.57. The predicted octanol–water partition coefficient (Wildman–Crippen LogP) is 1.32. The number of amides is 2. The average Bonchev–Trinajstić information content (AvgIpc) is 3.21. The summed E-state index contributed by atoms with van der Waals surface area (Å²) in [6, 6.07) is -0.380. The fourth-order valence-electron chi connectivity index (χ4n) is 3.96. The molecular formula is C16H28ClN3O2. The lowest BCUT2D eigenvalue weighted by molar-refractivity contribution is -0.137. The Morgan fingerprint density at radius 3 is 2.45 bits per heavy atom. The lowest BCUT2D eigenvalue weighted by Crippen LogP contribution is -2.49. The molecule has 6 heteroatoms. The zero-order valence-electron chi connectivity index (χ0n) is 13.4. The van der Waals surface area contributed by atoms with Crippen molar-refractivity contribution in [3.8, 4) is 0 Å². The molecular weight excluding hydrogens is 302 g/mol. The highest BCUT2D eigenvalue weighted by molar-refractivity contribution is 5.89. The van der Waals surface area contributed by atoms with Gasteiger partial charge in [0.2, 0.25) is 11.8 Å². The highest BCUT2D eigenvalue weighted by Crippen LogP contribution is 2.58. The van der Waals surface area contributed by atoms with E-state index in [9.17, 15) is 9.59 Å². The van der Waals surface area contributed by atoms with Crippen LogP contribution in [0.5, 0.6) is 0 Å². The van der Waals surface area contributed by atoms with Crippen LogP contribution >= 0.6 is 12.4 Å². The van der Waals surface area contributed by atoms with Crippen molar-refractivity contribution >= 4 is 24.2 Å². The summed E-state index contributed by atoms with van der Waals surface area (Å²) in [5, 5.41) is 6.31. The fourth-order valence-corrected chi connectivity index (χ4v) is 3.96. The van der Waals surface area contributed by atoms with Crippen molar-refractivity contribution in [2.24, 2.45) is 11.3 Å². The molecule has 1 saturated carbocycles. The number of carbonyl (C=O) groups is 2. The summed E-state index contributed by atoms with van der Waals surface area (Å²) in [7, 11) is 0.